The van der Waals surface area contributed by atoms with E-state index in [1.807, 2.05) is 0 Å². The predicted molar refractivity (Wildman–Crippen MR) is 62.5 cm³/mol. The van der Waals surface area contributed by atoms with E-state index in [4.69, 9.17) is 0 Å². The van der Waals surface area contributed by atoms with Crippen LogP contribution >= 0.6 is 15.9 Å². The minimum Gasteiger partial charge on any atom is -0.294 e. The van der Waals surface area contributed by atoms with Gasteiger partial charge in [-0.3, -0.25) is 19.8 Å². The summed E-state index contributed by atoms with van der Waals surface area (Å²) < 4.78 is 13.4. The number of hydrogen-bond donors (Lipinski definition) is 1. The largest absolute Gasteiger partial charge is 0.294 e. The number of carbonyl (C=O) groups is 2. The van der Waals surface area contributed by atoms with Crippen LogP contribution in [0.4, 0.5) is 4.39 Å². The Balaban J connectivity index is 2.07. The molecule has 6 heteroatoms. The molecule has 90 valence electrons. The van der Waals surface area contributed by atoms with E-state index in [1.54, 1.807) is 17.0 Å². The van der Waals surface area contributed by atoms with Gasteiger partial charge in [0, 0.05) is 6.54 Å². The summed E-state index contributed by atoms with van der Waals surface area (Å²) in [5.74, 6) is -0.939. The molecule has 1 aromatic rings. The molecule has 4 nitrogen and oxygen atoms in total. The molecule has 2 amide bonds. The predicted octanol–water partition coefficient (Wildman–Crippen LogP) is 1.05. The van der Waals surface area contributed by atoms with Gasteiger partial charge in [-0.2, -0.15) is 0 Å². The van der Waals surface area contributed by atoms with E-state index in [2.05, 4.69) is 21.2 Å². The van der Waals surface area contributed by atoms with E-state index >= 15 is 0 Å². The molecular weight excluding hydrogens is 291 g/mol. The van der Waals surface area contributed by atoms with Crippen molar-refractivity contribution in [3.63, 3.8) is 0 Å². The van der Waals surface area contributed by atoms with Gasteiger partial charge in [0.2, 0.25) is 11.8 Å². The molecule has 0 aliphatic carbocycles. The zero-order valence-corrected chi connectivity index (χ0v) is 10.5. The number of hydrogen-bond acceptors (Lipinski definition) is 3. The Labute approximate surface area is 106 Å². The maximum atomic E-state index is 13.0. The van der Waals surface area contributed by atoms with Gasteiger partial charge in [0.15, 0.2) is 0 Å². The molecule has 1 aromatic carbocycles. The fourth-order valence-corrected chi connectivity index (χ4v) is 2.13. The van der Waals surface area contributed by atoms with Crippen molar-refractivity contribution in [3.05, 3.63) is 34.1 Å². The van der Waals surface area contributed by atoms with Crippen LogP contribution in [0.25, 0.3) is 0 Å². The molecule has 0 unspecified atom stereocenters. The number of amides is 2. The van der Waals surface area contributed by atoms with Crippen molar-refractivity contribution < 1.29 is 14.0 Å². The normalized spacial score (nSPS) is 17.1. The lowest BCUT2D eigenvalue weighted by molar-refractivity contribution is -0.136. The Hall–Kier alpha value is -1.27. The summed E-state index contributed by atoms with van der Waals surface area (Å²) >= 11 is 3.09. The van der Waals surface area contributed by atoms with Gasteiger partial charge in [-0.25, -0.2) is 4.39 Å². The average molecular weight is 301 g/mol. The molecule has 1 N–H and O–H groups in total. The van der Waals surface area contributed by atoms with Gasteiger partial charge in [0.1, 0.15) is 5.82 Å². The monoisotopic (exact) mass is 300 g/mol. The van der Waals surface area contributed by atoms with E-state index in [0.717, 1.165) is 5.56 Å². The molecule has 1 heterocycles. The second kappa shape index (κ2) is 4.93. The number of piperazine rings is 1. The molecule has 0 bridgehead atoms. The van der Waals surface area contributed by atoms with E-state index < -0.39 is 0 Å². The molecule has 1 aliphatic rings. The van der Waals surface area contributed by atoms with Crippen LogP contribution in [-0.2, 0) is 16.1 Å². The Kier molecular flexibility index (Phi) is 3.54. The Morgan fingerprint density at radius 1 is 1.29 bits per heavy atom. The molecule has 0 atom stereocenters. The molecule has 1 aliphatic heterocycles. The van der Waals surface area contributed by atoms with Gasteiger partial charge < -0.3 is 0 Å². The molecular formula is C11H10BrFN2O2. The van der Waals surface area contributed by atoms with Crippen molar-refractivity contribution >= 4 is 27.7 Å². The Morgan fingerprint density at radius 3 is 2.53 bits per heavy atom. The summed E-state index contributed by atoms with van der Waals surface area (Å²) in [5.41, 5.74) is 0.848. The minimum atomic E-state index is -0.332. The van der Waals surface area contributed by atoms with E-state index in [0.29, 0.717) is 11.0 Å². The zero-order chi connectivity index (χ0) is 12.4. The number of benzene rings is 1. The van der Waals surface area contributed by atoms with Gasteiger partial charge in [0.05, 0.1) is 17.6 Å². The highest BCUT2D eigenvalue weighted by Gasteiger charge is 2.22. The molecule has 1 fully saturated rings. The third-order valence-corrected chi connectivity index (χ3v) is 3.01. The smallest absolute Gasteiger partial charge is 0.240 e. The van der Waals surface area contributed by atoms with Gasteiger partial charge in [0.25, 0.3) is 0 Å². The lowest BCUT2D eigenvalue weighted by Crippen LogP contribution is -2.50. The topological polar surface area (TPSA) is 49.4 Å². The quantitative estimate of drug-likeness (QED) is 0.831. The number of carbonyl (C=O) groups excluding carboxylic acids is 2. The van der Waals surface area contributed by atoms with Gasteiger partial charge >= 0.3 is 0 Å². The Bertz CT molecular complexity index is 463. The first-order valence-electron chi connectivity index (χ1n) is 5.03. The third kappa shape index (κ3) is 3.10. The van der Waals surface area contributed by atoms with Gasteiger partial charge in [-0.15, -0.1) is 0 Å². The molecule has 2 rings (SSSR count). The summed E-state index contributed by atoms with van der Waals surface area (Å²) in [5, 5.41) is 2.23. The van der Waals surface area contributed by atoms with Crippen molar-refractivity contribution in [2.45, 2.75) is 6.54 Å². The van der Waals surface area contributed by atoms with E-state index in [1.165, 1.54) is 6.07 Å². The number of imide groups is 1. The van der Waals surface area contributed by atoms with Crippen molar-refractivity contribution in [1.29, 1.82) is 0 Å². The zero-order valence-electron chi connectivity index (χ0n) is 8.87. The minimum absolute atomic E-state index is 0.181. The second-order valence-corrected chi connectivity index (χ2v) is 4.72. The van der Waals surface area contributed by atoms with Crippen LogP contribution < -0.4 is 5.32 Å². The van der Waals surface area contributed by atoms with Crippen LogP contribution in [0.3, 0.4) is 0 Å². The van der Waals surface area contributed by atoms with Gasteiger partial charge in [-0.1, -0.05) is 6.07 Å². The van der Waals surface area contributed by atoms with Crippen LogP contribution in [0.1, 0.15) is 5.56 Å². The summed E-state index contributed by atoms with van der Waals surface area (Å²) in [6, 6.07) is 4.63. The summed E-state index contributed by atoms with van der Waals surface area (Å²) in [6.45, 7) is 0.805. The number of nitrogens with zero attached hydrogens (tertiary/aromatic N) is 1. The first-order valence-corrected chi connectivity index (χ1v) is 5.83. The maximum Gasteiger partial charge on any atom is 0.240 e. The van der Waals surface area contributed by atoms with Gasteiger partial charge in [-0.05, 0) is 33.6 Å². The third-order valence-electron chi connectivity index (χ3n) is 2.40. The number of nitrogens with one attached hydrogen (secondary N) is 1. The summed E-state index contributed by atoms with van der Waals surface area (Å²) in [6.07, 6.45) is 0. The standard InChI is InChI=1S/C11H10BrFN2O2/c12-8-3-7(1-2-9(8)13)4-15-5-10(16)14-11(17)6-15/h1-3H,4-6H2,(H,14,16,17). The van der Waals surface area contributed by atoms with Crippen LogP contribution in [-0.4, -0.2) is 29.8 Å². The lowest BCUT2D eigenvalue weighted by Gasteiger charge is -2.25. The lowest BCUT2D eigenvalue weighted by atomic mass is 10.2. The SMILES string of the molecule is O=C1CN(Cc2ccc(F)c(Br)c2)CC(=O)N1. The van der Waals surface area contributed by atoms with E-state index in [-0.39, 0.29) is 30.7 Å². The van der Waals surface area contributed by atoms with Crippen molar-refractivity contribution in [2.24, 2.45) is 0 Å². The maximum absolute atomic E-state index is 13.0. The average Bonchev–Trinajstić information content (AvgIpc) is 2.22. The first kappa shape index (κ1) is 12.2. The fraction of sp³-hybridized carbons (Fsp3) is 0.273. The van der Waals surface area contributed by atoms with Crippen molar-refractivity contribution in [1.82, 2.24) is 10.2 Å². The second-order valence-electron chi connectivity index (χ2n) is 3.86. The number of rotatable bonds is 2. The first-order chi connectivity index (χ1) is 8.04. The van der Waals surface area contributed by atoms with Crippen LogP contribution in [0.2, 0.25) is 0 Å². The summed E-state index contributed by atoms with van der Waals surface area (Å²) in [7, 11) is 0. The van der Waals surface area contributed by atoms with E-state index in [9.17, 15) is 14.0 Å². The molecule has 0 radical (unpaired) electrons. The molecule has 0 saturated carbocycles. The fourth-order valence-electron chi connectivity index (χ4n) is 1.70. The molecule has 0 aromatic heterocycles. The van der Waals surface area contributed by atoms with Crippen LogP contribution in [0, 0.1) is 5.82 Å². The molecule has 17 heavy (non-hydrogen) atoms. The highest BCUT2D eigenvalue weighted by atomic mass is 79.9. The molecule has 0 spiro atoms. The number of halogens is 2. The highest BCUT2D eigenvalue weighted by molar-refractivity contribution is 9.10. The van der Waals surface area contributed by atoms with Crippen molar-refractivity contribution in [2.75, 3.05) is 13.1 Å². The Morgan fingerprint density at radius 2 is 1.94 bits per heavy atom. The van der Waals surface area contributed by atoms with Crippen LogP contribution in [0.5, 0.6) is 0 Å². The van der Waals surface area contributed by atoms with Crippen LogP contribution in [0.15, 0.2) is 22.7 Å². The molecule has 1 saturated heterocycles. The highest BCUT2D eigenvalue weighted by Crippen LogP contribution is 2.18. The van der Waals surface area contributed by atoms with Crippen molar-refractivity contribution in [3.8, 4) is 0 Å². The summed E-state index contributed by atoms with van der Waals surface area (Å²) in [4.78, 5) is 24.0.